The molecule has 0 aliphatic carbocycles. The number of thiazole rings is 1. The normalized spacial score (nSPS) is 10.6. The van der Waals surface area contributed by atoms with E-state index in [1.54, 1.807) is 12.1 Å². The lowest BCUT2D eigenvalue weighted by Crippen LogP contribution is -2.16. The lowest BCUT2D eigenvalue weighted by molar-refractivity contribution is 0.215. The molecule has 0 unspecified atom stereocenters. The average molecular weight is 346 g/mol. The maximum atomic E-state index is 11.9. The van der Waals surface area contributed by atoms with Gasteiger partial charge in [-0.05, 0) is 29.0 Å². The maximum absolute atomic E-state index is 11.9. The number of benzene rings is 3. The molecule has 0 bridgehead atoms. The van der Waals surface area contributed by atoms with Gasteiger partial charge in [-0.2, -0.15) is 0 Å². The van der Waals surface area contributed by atoms with Crippen LogP contribution in [-0.2, 0) is 0 Å². The molecule has 4 rings (SSSR count). The fourth-order valence-electron chi connectivity index (χ4n) is 2.52. The van der Waals surface area contributed by atoms with E-state index in [0.717, 1.165) is 16.6 Å². The quantitative estimate of drug-likeness (QED) is 0.527. The fourth-order valence-corrected chi connectivity index (χ4v) is 3.23. The highest BCUT2D eigenvalue weighted by atomic mass is 32.1. The van der Waals surface area contributed by atoms with Crippen molar-refractivity contribution in [3.05, 3.63) is 78.2 Å². The number of nitrogens with one attached hydrogen (secondary N) is 1. The topological polar surface area (TPSA) is 51.2 Å². The van der Waals surface area contributed by atoms with E-state index in [2.05, 4.69) is 34.6 Å². The van der Waals surface area contributed by atoms with Crippen LogP contribution in [0.5, 0.6) is 5.75 Å². The molecule has 4 nitrogen and oxygen atoms in total. The van der Waals surface area contributed by atoms with E-state index in [0.29, 0.717) is 10.9 Å². The van der Waals surface area contributed by atoms with Crippen LogP contribution in [0.25, 0.3) is 22.0 Å². The summed E-state index contributed by atoms with van der Waals surface area (Å²) >= 11 is 1.37. The van der Waals surface area contributed by atoms with Crippen LogP contribution in [0.2, 0.25) is 0 Å². The Morgan fingerprint density at radius 1 is 0.920 bits per heavy atom. The van der Waals surface area contributed by atoms with Crippen molar-refractivity contribution >= 4 is 33.3 Å². The van der Waals surface area contributed by atoms with Gasteiger partial charge in [0.1, 0.15) is 5.75 Å². The maximum Gasteiger partial charge on any atom is 0.418 e. The van der Waals surface area contributed by atoms with E-state index in [9.17, 15) is 4.79 Å². The van der Waals surface area contributed by atoms with E-state index in [4.69, 9.17) is 4.74 Å². The van der Waals surface area contributed by atoms with Gasteiger partial charge in [0.25, 0.3) is 0 Å². The number of hydrogen-bond donors (Lipinski definition) is 1. The van der Waals surface area contributed by atoms with Crippen molar-refractivity contribution in [3.8, 4) is 17.0 Å². The molecule has 0 saturated heterocycles. The van der Waals surface area contributed by atoms with Gasteiger partial charge in [-0.15, -0.1) is 11.3 Å². The number of hydrogen-bond acceptors (Lipinski definition) is 4. The van der Waals surface area contributed by atoms with Crippen molar-refractivity contribution in [1.82, 2.24) is 4.98 Å². The first-order valence-electron chi connectivity index (χ1n) is 7.76. The van der Waals surface area contributed by atoms with Crippen LogP contribution in [0.3, 0.4) is 0 Å². The summed E-state index contributed by atoms with van der Waals surface area (Å²) in [6.45, 7) is 0. The number of amides is 1. The second kappa shape index (κ2) is 6.75. The number of fused-ring (bicyclic) bond motifs is 1. The van der Waals surface area contributed by atoms with E-state index < -0.39 is 6.09 Å². The zero-order valence-corrected chi connectivity index (χ0v) is 14.0. The minimum atomic E-state index is -0.550. The second-order valence-electron chi connectivity index (χ2n) is 5.43. The number of aromatic nitrogens is 1. The highest BCUT2D eigenvalue weighted by molar-refractivity contribution is 7.14. The van der Waals surface area contributed by atoms with Crippen LogP contribution in [-0.4, -0.2) is 11.1 Å². The van der Waals surface area contributed by atoms with Gasteiger partial charge in [0.15, 0.2) is 5.13 Å². The Kier molecular flexibility index (Phi) is 4.14. The summed E-state index contributed by atoms with van der Waals surface area (Å²) in [7, 11) is 0. The number of ether oxygens (including phenoxy) is 1. The summed E-state index contributed by atoms with van der Waals surface area (Å²) in [5, 5.41) is 7.43. The first-order chi connectivity index (χ1) is 12.3. The zero-order valence-electron chi connectivity index (χ0n) is 13.2. The van der Waals surface area contributed by atoms with Gasteiger partial charge in [0.2, 0.25) is 0 Å². The molecule has 5 heteroatoms. The number of para-hydroxylation sites is 1. The lowest BCUT2D eigenvalue weighted by Gasteiger charge is -2.03. The van der Waals surface area contributed by atoms with Crippen LogP contribution in [0.15, 0.2) is 78.2 Å². The van der Waals surface area contributed by atoms with Crippen molar-refractivity contribution in [2.75, 3.05) is 5.32 Å². The third kappa shape index (κ3) is 3.51. The molecular formula is C20H14N2O2S. The molecule has 1 heterocycles. The van der Waals surface area contributed by atoms with Crippen LogP contribution in [0.4, 0.5) is 9.93 Å². The van der Waals surface area contributed by atoms with Crippen molar-refractivity contribution in [2.45, 2.75) is 0 Å². The molecule has 1 aromatic heterocycles. The monoisotopic (exact) mass is 346 g/mol. The van der Waals surface area contributed by atoms with Crippen LogP contribution >= 0.6 is 11.3 Å². The van der Waals surface area contributed by atoms with Gasteiger partial charge >= 0.3 is 6.09 Å². The molecule has 122 valence electrons. The van der Waals surface area contributed by atoms with Crippen molar-refractivity contribution in [3.63, 3.8) is 0 Å². The molecule has 4 aromatic rings. The van der Waals surface area contributed by atoms with Gasteiger partial charge in [0, 0.05) is 10.9 Å². The summed E-state index contributed by atoms with van der Waals surface area (Å²) in [5.74, 6) is 0.492. The van der Waals surface area contributed by atoms with Gasteiger partial charge < -0.3 is 4.74 Å². The summed E-state index contributed by atoms with van der Waals surface area (Å²) in [4.78, 5) is 16.4. The molecular weight excluding hydrogens is 332 g/mol. The van der Waals surface area contributed by atoms with Crippen molar-refractivity contribution in [1.29, 1.82) is 0 Å². The highest BCUT2D eigenvalue weighted by Gasteiger charge is 2.10. The predicted molar refractivity (Wildman–Crippen MR) is 101 cm³/mol. The Labute approximate surface area is 148 Å². The molecule has 0 saturated carbocycles. The molecule has 3 aromatic carbocycles. The predicted octanol–water partition coefficient (Wildman–Crippen LogP) is 5.57. The summed E-state index contributed by atoms with van der Waals surface area (Å²) in [5.41, 5.74) is 1.84. The van der Waals surface area contributed by atoms with E-state index in [1.807, 2.05) is 41.8 Å². The highest BCUT2D eigenvalue weighted by Crippen LogP contribution is 2.27. The standard InChI is InChI=1S/C20H14N2O2S/c23-20(24-17-8-2-1-3-9-17)22-19-21-18(13-25-19)16-11-10-14-6-4-5-7-15(14)12-16/h1-13H,(H,21,22,23). The van der Waals surface area contributed by atoms with Crippen LogP contribution < -0.4 is 10.1 Å². The third-order valence-electron chi connectivity index (χ3n) is 3.71. The van der Waals surface area contributed by atoms with E-state index >= 15 is 0 Å². The summed E-state index contributed by atoms with van der Waals surface area (Å²) in [6, 6.07) is 23.3. The van der Waals surface area contributed by atoms with Crippen LogP contribution in [0, 0.1) is 0 Å². The van der Waals surface area contributed by atoms with Gasteiger partial charge in [0.05, 0.1) is 5.69 Å². The molecule has 0 atom stereocenters. The minimum Gasteiger partial charge on any atom is -0.410 e. The van der Waals surface area contributed by atoms with Gasteiger partial charge in [-0.3, -0.25) is 5.32 Å². The number of nitrogens with zero attached hydrogens (tertiary/aromatic N) is 1. The summed E-state index contributed by atoms with van der Waals surface area (Å²) < 4.78 is 5.21. The van der Waals surface area contributed by atoms with Gasteiger partial charge in [-0.1, -0.05) is 54.6 Å². The number of carbonyl (C=O) groups excluding carboxylic acids is 1. The molecule has 1 amide bonds. The molecule has 1 N–H and O–H groups in total. The Balaban J connectivity index is 1.50. The molecule has 0 spiro atoms. The fraction of sp³-hybridized carbons (Fsp3) is 0. The smallest absolute Gasteiger partial charge is 0.410 e. The Morgan fingerprint density at radius 2 is 1.68 bits per heavy atom. The molecule has 25 heavy (non-hydrogen) atoms. The Morgan fingerprint density at radius 3 is 2.52 bits per heavy atom. The molecule has 0 aliphatic rings. The lowest BCUT2D eigenvalue weighted by atomic mass is 10.1. The molecule has 0 fully saturated rings. The first kappa shape index (κ1) is 15.4. The largest absolute Gasteiger partial charge is 0.418 e. The first-order valence-corrected chi connectivity index (χ1v) is 8.64. The number of rotatable bonds is 3. The Hall–Kier alpha value is -3.18. The van der Waals surface area contributed by atoms with Crippen molar-refractivity contribution in [2.24, 2.45) is 0 Å². The van der Waals surface area contributed by atoms with Gasteiger partial charge in [-0.25, -0.2) is 9.78 Å². The van der Waals surface area contributed by atoms with E-state index in [1.165, 1.54) is 16.7 Å². The zero-order chi connectivity index (χ0) is 17.1. The Bertz CT molecular complexity index is 1030. The average Bonchev–Trinajstić information content (AvgIpc) is 3.10. The molecule has 0 radical (unpaired) electrons. The number of anilines is 1. The number of carbonyl (C=O) groups is 1. The van der Waals surface area contributed by atoms with Crippen molar-refractivity contribution < 1.29 is 9.53 Å². The summed E-state index contributed by atoms with van der Waals surface area (Å²) in [6.07, 6.45) is -0.550. The molecule has 0 aliphatic heterocycles. The minimum absolute atomic E-state index is 0.492. The van der Waals surface area contributed by atoms with Crippen LogP contribution in [0.1, 0.15) is 0 Å². The SMILES string of the molecule is O=C(Nc1nc(-c2ccc3ccccc3c2)cs1)Oc1ccccc1. The second-order valence-corrected chi connectivity index (χ2v) is 6.29. The third-order valence-corrected chi connectivity index (χ3v) is 4.47. The van der Waals surface area contributed by atoms with E-state index in [-0.39, 0.29) is 0 Å².